The Morgan fingerprint density at radius 2 is 2.00 bits per heavy atom. The van der Waals surface area contributed by atoms with Gasteiger partial charge in [-0.2, -0.15) is 0 Å². The fourth-order valence-electron chi connectivity index (χ4n) is 2.38. The summed E-state index contributed by atoms with van der Waals surface area (Å²) in [6, 6.07) is 7.02. The molecule has 0 aromatic heterocycles. The summed E-state index contributed by atoms with van der Waals surface area (Å²) in [6.45, 7) is 6.42. The normalized spacial score (nSPS) is 18.4. The first-order valence-electron chi connectivity index (χ1n) is 7.14. The molecule has 6 heteroatoms. The van der Waals surface area contributed by atoms with Crippen molar-refractivity contribution in [3.63, 3.8) is 0 Å². The summed E-state index contributed by atoms with van der Waals surface area (Å²) in [7, 11) is 0. The lowest BCUT2D eigenvalue weighted by Gasteiger charge is -2.36. The van der Waals surface area contributed by atoms with Crippen molar-refractivity contribution in [2.24, 2.45) is 0 Å². The number of aliphatic carboxylic acids is 1. The average molecular weight is 313 g/mol. The third-order valence-electron chi connectivity index (χ3n) is 3.81. The molecule has 1 aromatic carbocycles. The Balaban J connectivity index is 1.70. The van der Waals surface area contributed by atoms with Crippen molar-refractivity contribution in [1.82, 2.24) is 9.80 Å². The highest BCUT2D eigenvalue weighted by Crippen LogP contribution is 2.22. The molecular weight excluding hydrogens is 292 g/mol. The number of hydrogen-bond donors (Lipinski definition) is 1. The van der Waals surface area contributed by atoms with Crippen molar-refractivity contribution in [3.05, 3.63) is 29.3 Å². The van der Waals surface area contributed by atoms with E-state index in [1.807, 2.05) is 29.2 Å². The number of nitrogens with zero attached hydrogens (tertiary/aromatic N) is 2. The number of carboxylic acid groups (broad SMARTS) is 1. The number of benzene rings is 1. The van der Waals surface area contributed by atoms with E-state index in [9.17, 15) is 4.79 Å². The Kier molecular flexibility index (Phi) is 5.85. The number of para-hydroxylation sites is 1. The van der Waals surface area contributed by atoms with E-state index in [4.69, 9.17) is 21.4 Å². The predicted octanol–water partition coefficient (Wildman–Crippen LogP) is 1.81. The molecule has 1 heterocycles. The van der Waals surface area contributed by atoms with E-state index < -0.39 is 12.0 Å². The van der Waals surface area contributed by atoms with Crippen molar-refractivity contribution in [2.45, 2.75) is 13.0 Å². The number of hydrogen-bond acceptors (Lipinski definition) is 4. The Morgan fingerprint density at radius 1 is 1.33 bits per heavy atom. The zero-order valence-electron chi connectivity index (χ0n) is 12.2. The van der Waals surface area contributed by atoms with Gasteiger partial charge < -0.3 is 9.84 Å². The van der Waals surface area contributed by atoms with Crippen LogP contribution in [0.1, 0.15) is 6.92 Å². The van der Waals surface area contributed by atoms with Gasteiger partial charge in [-0.25, -0.2) is 0 Å². The molecule has 0 unspecified atom stereocenters. The fraction of sp³-hybridized carbons (Fsp3) is 0.533. The van der Waals surface area contributed by atoms with Gasteiger partial charge in [0.15, 0.2) is 0 Å². The number of rotatable bonds is 6. The fourth-order valence-corrected chi connectivity index (χ4v) is 2.57. The minimum Gasteiger partial charge on any atom is -0.491 e. The maximum absolute atomic E-state index is 11.0. The van der Waals surface area contributed by atoms with Crippen LogP contribution in [0.2, 0.25) is 5.02 Å². The maximum atomic E-state index is 11.0. The van der Waals surface area contributed by atoms with Crippen LogP contribution in [0.4, 0.5) is 0 Å². The molecule has 0 radical (unpaired) electrons. The Hall–Kier alpha value is -1.30. The van der Waals surface area contributed by atoms with Crippen LogP contribution in [0.5, 0.6) is 5.75 Å². The molecule has 0 bridgehead atoms. The lowest BCUT2D eigenvalue weighted by molar-refractivity contribution is -0.143. The van der Waals surface area contributed by atoms with E-state index >= 15 is 0 Å². The third-order valence-corrected chi connectivity index (χ3v) is 4.13. The predicted molar refractivity (Wildman–Crippen MR) is 82.1 cm³/mol. The van der Waals surface area contributed by atoms with Crippen LogP contribution >= 0.6 is 11.6 Å². The van der Waals surface area contributed by atoms with Gasteiger partial charge in [-0.05, 0) is 19.1 Å². The zero-order chi connectivity index (χ0) is 15.2. The first-order chi connectivity index (χ1) is 10.1. The van der Waals surface area contributed by atoms with E-state index in [-0.39, 0.29) is 0 Å². The van der Waals surface area contributed by atoms with Gasteiger partial charge in [-0.15, -0.1) is 0 Å². The molecular formula is C15H21ClN2O3. The number of ether oxygens (including phenoxy) is 1. The molecule has 1 atom stereocenters. The van der Waals surface area contributed by atoms with E-state index in [0.717, 1.165) is 32.7 Å². The Bertz CT molecular complexity index is 476. The molecule has 1 fully saturated rings. The van der Waals surface area contributed by atoms with Gasteiger partial charge in [0.2, 0.25) is 0 Å². The smallest absolute Gasteiger partial charge is 0.320 e. The van der Waals surface area contributed by atoms with Crippen molar-refractivity contribution >= 4 is 17.6 Å². The lowest BCUT2D eigenvalue weighted by atomic mass is 10.2. The quantitative estimate of drug-likeness (QED) is 0.868. The molecule has 116 valence electrons. The van der Waals surface area contributed by atoms with Crippen LogP contribution in [0.15, 0.2) is 24.3 Å². The summed E-state index contributed by atoms with van der Waals surface area (Å²) in [5.41, 5.74) is 0. The highest BCUT2D eigenvalue weighted by molar-refractivity contribution is 6.32. The summed E-state index contributed by atoms with van der Waals surface area (Å²) in [5, 5.41) is 9.63. The van der Waals surface area contributed by atoms with E-state index in [1.165, 1.54) is 0 Å². The second-order valence-electron chi connectivity index (χ2n) is 5.17. The monoisotopic (exact) mass is 312 g/mol. The lowest BCUT2D eigenvalue weighted by Crippen LogP contribution is -2.52. The highest BCUT2D eigenvalue weighted by atomic mass is 35.5. The van der Waals surface area contributed by atoms with Gasteiger partial charge in [-0.3, -0.25) is 14.6 Å². The average Bonchev–Trinajstić information content (AvgIpc) is 2.49. The van der Waals surface area contributed by atoms with Gasteiger partial charge in [-0.1, -0.05) is 23.7 Å². The largest absolute Gasteiger partial charge is 0.491 e. The van der Waals surface area contributed by atoms with Crippen molar-refractivity contribution in [1.29, 1.82) is 0 Å². The SMILES string of the molecule is C[C@@H](C(=O)O)N1CCN(CCOc2ccccc2Cl)CC1. The van der Waals surface area contributed by atoms with Crippen molar-refractivity contribution in [3.8, 4) is 5.75 Å². The van der Waals surface area contributed by atoms with E-state index in [0.29, 0.717) is 17.4 Å². The number of piperazine rings is 1. The number of carboxylic acids is 1. The standard InChI is InChI=1S/C15H21ClN2O3/c1-12(15(19)20)18-8-6-17(7-9-18)10-11-21-14-5-3-2-4-13(14)16/h2-5,12H,6-11H2,1H3,(H,19,20)/t12-/m0/s1. The van der Waals surface area contributed by atoms with Gasteiger partial charge in [0.25, 0.3) is 0 Å². The highest BCUT2D eigenvalue weighted by Gasteiger charge is 2.24. The second kappa shape index (κ2) is 7.64. The summed E-state index contributed by atoms with van der Waals surface area (Å²) < 4.78 is 5.67. The molecule has 5 nitrogen and oxygen atoms in total. The molecule has 1 aromatic rings. The topological polar surface area (TPSA) is 53.0 Å². The summed E-state index contributed by atoms with van der Waals surface area (Å²) in [5.74, 6) is -0.0530. The van der Waals surface area contributed by atoms with Crippen LogP contribution in [0, 0.1) is 0 Å². The van der Waals surface area contributed by atoms with Crippen LogP contribution in [0.3, 0.4) is 0 Å². The number of halogens is 1. The molecule has 0 spiro atoms. The molecule has 2 rings (SSSR count). The molecule has 0 saturated carbocycles. The van der Waals surface area contributed by atoms with E-state index in [2.05, 4.69) is 4.90 Å². The molecule has 1 saturated heterocycles. The Labute approximate surface area is 130 Å². The molecule has 0 amide bonds. The van der Waals surface area contributed by atoms with E-state index in [1.54, 1.807) is 6.92 Å². The minimum absolute atomic E-state index is 0.411. The van der Waals surface area contributed by atoms with Crippen molar-refractivity contribution in [2.75, 3.05) is 39.3 Å². The van der Waals surface area contributed by atoms with Gasteiger partial charge in [0, 0.05) is 32.7 Å². The van der Waals surface area contributed by atoms with Crippen LogP contribution in [-0.4, -0.2) is 66.2 Å². The van der Waals surface area contributed by atoms with Crippen LogP contribution in [-0.2, 0) is 4.79 Å². The molecule has 1 aliphatic heterocycles. The zero-order valence-corrected chi connectivity index (χ0v) is 12.9. The van der Waals surface area contributed by atoms with Crippen LogP contribution < -0.4 is 4.74 Å². The maximum Gasteiger partial charge on any atom is 0.320 e. The van der Waals surface area contributed by atoms with Gasteiger partial charge in [0.1, 0.15) is 18.4 Å². The first kappa shape index (κ1) is 16.1. The second-order valence-corrected chi connectivity index (χ2v) is 5.58. The molecule has 0 aliphatic carbocycles. The Morgan fingerprint density at radius 3 is 2.62 bits per heavy atom. The number of carbonyl (C=O) groups is 1. The van der Waals surface area contributed by atoms with Crippen LogP contribution in [0.25, 0.3) is 0 Å². The molecule has 1 N–H and O–H groups in total. The first-order valence-corrected chi connectivity index (χ1v) is 7.52. The van der Waals surface area contributed by atoms with Gasteiger partial charge >= 0.3 is 5.97 Å². The summed E-state index contributed by atoms with van der Waals surface area (Å²) >= 11 is 6.03. The molecule has 21 heavy (non-hydrogen) atoms. The third kappa shape index (κ3) is 4.59. The summed E-state index contributed by atoms with van der Waals surface area (Å²) in [4.78, 5) is 15.2. The molecule has 1 aliphatic rings. The summed E-state index contributed by atoms with van der Waals surface area (Å²) in [6.07, 6.45) is 0. The van der Waals surface area contributed by atoms with Crippen molar-refractivity contribution < 1.29 is 14.6 Å². The minimum atomic E-state index is -0.759. The van der Waals surface area contributed by atoms with Gasteiger partial charge in [0.05, 0.1) is 5.02 Å².